The number of nitrogens with zero attached hydrogens (tertiary/aromatic N) is 3. The van der Waals surface area contributed by atoms with Gasteiger partial charge in [0.1, 0.15) is 6.10 Å². The number of hydrogen-bond donors (Lipinski definition) is 0. The summed E-state index contributed by atoms with van der Waals surface area (Å²) >= 11 is 1.67. The van der Waals surface area contributed by atoms with Crippen LogP contribution in [0.15, 0.2) is 35.7 Å². The summed E-state index contributed by atoms with van der Waals surface area (Å²) in [6, 6.07) is 10.2. The number of aromatic nitrogens is 1. The van der Waals surface area contributed by atoms with Crippen LogP contribution in [0.3, 0.4) is 0 Å². The summed E-state index contributed by atoms with van der Waals surface area (Å²) < 4.78 is 5.52. The predicted molar refractivity (Wildman–Crippen MR) is 95.3 cm³/mol. The summed E-state index contributed by atoms with van der Waals surface area (Å²) in [6.07, 6.45) is 1.66. The molecule has 0 spiro atoms. The number of rotatable bonds is 3. The normalized spacial score (nSPS) is 21.2. The van der Waals surface area contributed by atoms with E-state index >= 15 is 0 Å². The Kier molecular flexibility index (Phi) is 4.49. The topological polar surface area (TPSA) is 45.7 Å². The molecule has 1 atom stereocenters. The minimum absolute atomic E-state index is 0.163. The van der Waals surface area contributed by atoms with Crippen LogP contribution in [0.25, 0.3) is 11.3 Å². The van der Waals surface area contributed by atoms with Crippen LogP contribution < -0.4 is 4.90 Å². The molecule has 5 nitrogen and oxygen atoms in total. The molecule has 4 rings (SSSR count). The number of carbonyl (C=O) groups is 1. The third-order valence-corrected chi connectivity index (χ3v) is 5.53. The number of carbonyl (C=O) groups excluding carboxylic acids is 1. The highest BCUT2D eigenvalue weighted by molar-refractivity contribution is 7.14. The summed E-state index contributed by atoms with van der Waals surface area (Å²) in [5.41, 5.74) is 2.17. The van der Waals surface area contributed by atoms with Crippen molar-refractivity contribution < 1.29 is 9.53 Å². The molecule has 0 saturated carbocycles. The number of amides is 1. The minimum atomic E-state index is -0.207. The second kappa shape index (κ2) is 6.91. The molecule has 2 aliphatic heterocycles. The molecule has 1 aromatic carbocycles. The Bertz CT molecular complexity index is 689. The number of anilines is 1. The van der Waals surface area contributed by atoms with Gasteiger partial charge in [0.25, 0.3) is 5.91 Å². The highest BCUT2D eigenvalue weighted by Crippen LogP contribution is 2.28. The SMILES string of the molecule is O=C(C1CCCO1)N1CCN(c2nc(-c3ccccc3)cs2)CC1. The second-order valence-corrected chi connectivity index (χ2v) is 7.03. The lowest BCUT2D eigenvalue weighted by Crippen LogP contribution is -2.51. The highest BCUT2D eigenvalue weighted by Gasteiger charge is 2.30. The van der Waals surface area contributed by atoms with Crippen LogP contribution in [0.2, 0.25) is 0 Å². The van der Waals surface area contributed by atoms with Crippen molar-refractivity contribution in [3.05, 3.63) is 35.7 Å². The van der Waals surface area contributed by atoms with E-state index in [2.05, 4.69) is 22.4 Å². The molecular weight excluding hydrogens is 322 g/mol. The first kappa shape index (κ1) is 15.6. The van der Waals surface area contributed by atoms with Gasteiger partial charge in [-0.05, 0) is 12.8 Å². The van der Waals surface area contributed by atoms with E-state index in [0.29, 0.717) is 0 Å². The molecule has 1 amide bonds. The third-order valence-electron chi connectivity index (χ3n) is 4.63. The van der Waals surface area contributed by atoms with Crippen molar-refractivity contribution >= 4 is 22.4 Å². The molecule has 2 saturated heterocycles. The molecule has 2 aliphatic rings. The Balaban J connectivity index is 1.38. The number of thiazole rings is 1. The maximum Gasteiger partial charge on any atom is 0.251 e. The zero-order chi connectivity index (χ0) is 16.4. The second-order valence-electron chi connectivity index (χ2n) is 6.20. The summed E-state index contributed by atoms with van der Waals surface area (Å²) in [6.45, 7) is 3.88. The van der Waals surface area contributed by atoms with Crippen LogP contribution in [-0.2, 0) is 9.53 Å². The Hall–Kier alpha value is -1.92. The van der Waals surface area contributed by atoms with E-state index < -0.39 is 0 Å². The number of benzene rings is 1. The molecule has 1 unspecified atom stereocenters. The molecule has 126 valence electrons. The van der Waals surface area contributed by atoms with Gasteiger partial charge in [-0.3, -0.25) is 4.79 Å². The van der Waals surface area contributed by atoms with Gasteiger partial charge in [0.15, 0.2) is 5.13 Å². The van der Waals surface area contributed by atoms with Crippen LogP contribution in [0.5, 0.6) is 0 Å². The van der Waals surface area contributed by atoms with Gasteiger partial charge in [0, 0.05) is 43.7 Å². The van der Waals surface area contributed by atoms with Crippen LogP contribution in [0, 0.1) is 0 Å². The Morgan fingerprint density at radius 2 is 1.96 bits per heavy atom. The molecule has 0 aliphatic carbocycles. The molecule has 0 radical (unpaired) electrons. The van der Waals surface area contributed by atoms with Gasteiger partial charge in [0.05, 0.1) is 5.69 Å². The maximum atomic E-state index is 12.4. The smallest absolute Gasteiger partial charge is 0.251 e. The van der Waals surface area contributed by atoms with Crippen LogP contribution in [-0.4, -0.2) is 54.7 Å². The van der Waals surface area contributed by atoms with E-state index in [9.17, 15) is 4.79 Å². The Morgan fingerprint density at radius 3 is 2.67 bits per heavy atom. The molecule has 2 aromatic rings. The number of hydrogen-bond acceptors (Lipinski definition) is 5. The average molecular weight is 343 g/mol. The molecule has 0 N–H and O–H groups in total. The van der Waals surface area contributed by atoms with E-state index in [1.165, 1.54) is 0 Å². The lowest BCUT2D eigenvalue weighted by atomic mass is 10.2. The van der Waals surface area contributed by atoms with Gasteiger partial charge >= 0.3 is 0 Å². The predicted octanol–water partition coefficient (Wildman–Crippen LogP) is 2.64. The standard InChI is InChI=1S/C18H21N3O2S/c22-17(16-7-4-12-23-16)20-8-10-21(11-9-20)18-19-15(13-24-18)14-5-2-1-3-6-14/h1-3,5-6,13,16H,4,7-12H2. The van der Waals surface area contributed by atoms with E-state index in [0.717, 1.165) is 62.0 Å². The highest BCUT2D eigenvalue weighted by atomic mass is 32.1. The summed E-state index contributed by atoms with van der Waals surface area (Å²) in [7, 11) is 0. The van der Waals surface area contributed by atoms with Gasteiger partial charge in [0.2, 0.25) is 0 Å². The maximum absolute atomic E-state index is 12.4. The molecule has 3 heterocycles. The monoisotopic (exact) mass is 343 g/mol. The number of piperazine rings is 1. The average Bonchev–Trinajstić information content (AvgIpc) is 3.34. The van der Waals surface area contributed by atoms with Gasteiger partial charge in [-0.2, -0.15) is 0 Å². The van der Waals surface area contributed by atoms with Crippen LogP contribution in [0.4, 0.5) is 5.13 Å². The van der Waals surface area contributed by atoms with Gasteiger partial charge < -0.3 is 14.5 Å². The summed E-state index contributed by atoms with van der Waals surface area (Å²) in [5, 5.41) is 3.15. The van der Waals surface area contributed by atoms with Crippen LogP contribution >= 0.6 is 11.3 Å². The van der Waals surface area contributed by atoms with E-state index in [1.807, 2.05) is 23.1 Å². The largest absolute Gasteiger partial charge is 0.368 e. The van der Waals surface area contributed by atoms with Crippen molar-refractivity contribution in [2.75, 3.05) is 37.7 Å². The molecule has 24 heavy (non-hydrogen) atoms. The Morgan fingerprint density at radius 1 is 1.17 bits per heavy atom. The first-order chi connectivity index (χ1) is 11.8. The van der Waals surface area contributed by atoms with Crippen molar-refractivity contribution in [3.8, 4) is 11.3 Å². The first-order valence-corrected chi connectivity index (χ1v) is 9.35. The molecule has 1 aromatic heterocycles. The zero-order valence-electron chi connectivity index (χ0n) is 13.6. The van der Waals surface area contributed by atoms with Crippen molar-refractivity contribution in [3.63, 3.8) is 0 Å². The van der Waals surface area contributed by atoms with Crippen molar-refractivity contribution in [2.45, 2.75) is 18.9 Å². The number of ether oxygens (including phenoxy) is 1. The lowest BCUT2D eigenvalue weighted by molar-refractivity contribution is -0.141. The van der Waals surface area contributed by atoms with Crippen molar-refractivity contribution in [1.82, 2.24) is 9.88 Å². The molecule has 0 bridgehead atoms. The first-order valence-electron chi connectivity index (χ1n) is 8.47. The minimum Gasteiger partial charge on any atom is -0.368 e. The zero-order valence-corrected chi connectivity index (χ0v) is 14.4. The molecular formula is C18H21N3O2S. The fourth-order valence-electron chi connectivity index (χ4n) is 3.25. The quantitative estimate of drug-likeness (QED) is 0.859. The van der Waals surface area contributed by atoms with Crippen molar-refractivity contribution in [2.24, 2.45) is 0 Å². The lowest BCUT2D eigenvalue weighted by Gasteiger charge is -2.35. The van der Waals surface area contributed by atoms with Crippen molar-refractivity contribution in [1.29, 1.82) is 0 Å². The molecule has 2 fully saturated rings. The summed E-state index contributed by atoms with van der Waals surface area (Å²) in [4.78, 5) is 21.4. The van der Waals surface area contributed by atoms with Gasteiger partial charge in [-0.25, -0.2) is 4.98 Å². The summed E-state index contributed by atoms with van der Waals surface area (Å²) in [5.74, 6) is 0.163. The van der Waals surface area contributed by atoms with E-state index in [4.69, 9.17) is 9.72 Å². The third kappa shape index (κ3) is 3.16. The van der Waals surface area contributed by atoms with Gasteiger partial charge in [-0.1, -0.05) is 30.3 Å². The van der Waals surface area contributed by atoms with Gasteiger partial charge in [-0.15, -0.1) is 11.3 Å². The van der Waals surface area contributed by atoms with Crippen LogP contribution in [0.1, 0.15) is 12.8 Å². The van der Waals surface area contributed by atoms with E-state index in [-0.39, 0.29) is 12.0 Å². The Labute approximate surface area is 145 Å². The fraction of sp³-hybridized carbons (Fsp3) is 0.444. The fourth-order valence-corrected chi connectivity index (χ4v) is 4.13. The molecule has 6 heteroatoms. The van der Waals surface area contributed by atoms with E-state index in [1.54, 1.807) is 11.3 Å².